The topological polar surface area (TPSA) is 74.1 Å². The maximum atomic E-state index is 13.4. The van der Waals surface area contributed by atoms with Crippen LogP contribution >= 0.6 is 23.4 Å². The number of carbonyl (C=O) groups excluding carboxylic acids is 2. The van der Waals surface area contributed by atoms with E-state index in [1.54, 1.807) is 4.90 Å². The second kappa shape index (κ2) is 9.83. The second-order valence-corrected chi connectivity index (χ2v) is 9.25. The number of hydrogen-bond acceptors (Lipinski definition) is 5. The van der Waals surface area contributed by atoms with Crippen LogP contribution in [-0.4, -0.2) is 40.0 Å². The van der Waals surface area contributed by atoms with Gasteiger partial charge in [-0.05, 0) is 41.8 Å². The lowest BCUT2D eigenvalue weighted by atomic mass is 10.1. The Morgan fingerprint density at radius 2 is 1.74 bits per heavy atom. The minimum atomic E-state index is -0.624. The molecule has 1 atom stereocenters. The highest BCUT2D eigenvalue weighted by Gasteiger charge is 2.42. The Morgan fingerprint density at radius 1 is 1.00 bits per heavy atom. The van der Waals surface area contributed by atoms with Crippen molar-refractivity contribution in [2.24, 2.45) is 9.98 Å². The first-order valence-electron chi connectivity index (χ1n) is 10.9. The molecule has 0 aliphatic carbocycles. The molecular formula is C26H21ClN4O2S. The first kappa shape index (κ1) is 22.4. The SMILES string of the molecule is O=C(CSC1=Nc2ccccc2C2=N[C@@H](c3ccccc3)C(=O)N12)NCCc1ccc(Cl)cc1. The molecule has 0 fully saturated rings. The zero-order valence-corrected chi connectivity index (χ0v) is 19.7. The van der Waals surface area contributed by atoms with Crippen molar-refractivity contribution in [1.29, 1.82) is 0 Å². The van der Waals surface area contributed by atoms with Gasteiger partial charge in [-0.15, -0.1) is 0 Å². The standard InChI is InChI=1S/C26H21ClN4O2S/c27-19-12-10-17(11-13-19)14-15-28-22(32)16-34-26-29-21-9-5-4-8-20(21)24-30-23(25(33)31(24)26)18-6-2-1-3-7-18/h1-13,23H,14-16H2,(H,28,32)/t23-/m0/s1. The van der Waals surface area contributed by atoms with Gasteiger partial charge in [0.2, 0.25) is 5.91 Å². The summed E-state index contributed by atoms with van der Waals surface area (Å²) in [5.74, 6) is 0.444. The summed E-state index contributed by atoms with van der Waals surface area (Å²) >= 11 is 7.15. The van der Waals surface area contributed by atoms with Crippen LogP contribution in [0, 0.1) is 0 Å². The minimum absolute atomic E-state index is 0.120. The average Bonchev–Trinajstić information content (AvgIpc) is 3.22. The number of nitrogens with zero attached hydrogens (tertiary/aromatic N) is 3. The summed E-state index contributed by atoms with van der Waals surface area (Å²) < 4.78 is 0. The number of carbonyl (C=O) groups is 2. The van der Waals surface area contributed by atoms with Gasteiger partial charge in [-0.25, -0.2) is 14.9 Å². The number of thioether (sulfide) groups is 1. The smallest absolute Gasteiger partial charge is 0.263 e. The van der Waals surface area contributed by atoms with Crippen molar-refractivity contribution in [3.8, 4) is 0 Å². The number of nitrogens with one attached hydrogen (secondary N) is 1. The van der Waals surface area contributed by atoms with Crippen LogP contribution in [0.3, 0.4) is 0 Å². The van der Waals surface area contributed by atoms with Crippen molar-refractivity contribution in [2.75, 3.05) is 12.3 Å². The number of para-hydroxylation sites is 1. The molecule has 0 saturated carbocycles. The van der Waals surface area contributed by atoms with E-state index in [4.69, 9.17) is 16.6 Å². The van der Waals surface area contributed by atoms with Gasteiger partial charge in [-0.3, -0.25) is 9.59 Å². The van der Waals surface area contributed by atoms with Gasteiger partial charge in [0.05, 0.1) is 11.4 Å². The van der Waals surface area contributed by atoms with Crippen molar-refractivity contribution in [3.63, 3.8) is 0 Å². The number of benzene rings is 3. The summed E-state index contributed by atoms with van der Waals surface area (Å²) in [5, 5.41) is 4.08. The molecule has 2 aliphatic rings. The van der Waals surface area contributed by atoms with Crippen molar-refractivity contribution in [2.45, 2.75) is 12.5 Å². The fourth-order valence-corrected chi connectivity index (χ4v) is 4.83. The maximum Gasteiger partial charge on any atom is 0.263 e. The van der Waals surface area contributed by atoms with Crippen LogP contribution in [0.4, 0.5) is 5.69 Å². The molecule has 0 spiro atoms. The monoisotopic (exact) mass is 488 g/mol. The number of hydrogen-bond donors (Lipinski definition) is 1. The fourth-order valence-electron chi connectivity index (χ4n) is 3.88. The van der Waals surface area contributed by atoms with Crippen LogP contribution < -0.4 is 5.32 Å². The first-order chi connectivity index (χ1) is 16.6. The van der Waals surface area contributed by atoms with Gasteiger partial charge in [0, 0.05) is 17.1 Å². The highest BCUT2D eigenvalue weighted by atomic mass is 35.5. The van der Waals surface area contributed by atoms with Crippen LogP contribution in [0.1, 0.15) is 22.7 Å². The van der Waals surface area contributed by atoms with E-state index in [1.165, 1.54) is 11.8 Å². The average molecular weight is 489 g/mol. The zero-order valence-electron chi connectivity index (χ0n) is 18.1. The fraction of sp³-hybridized carbons (Fsp3) is 0.154. The predicted molar refractivity (Wildman–Crippen MR) is 137 cm³/mol. The highest BCUT2D eigenvalue weighted by Crippen LogP contribution is 2.37. The molecule has 2 heterocycles. The Kier molecular flexibility index (Phi) is 6.47. The number of amidine groups is 2. The van der Waals surface area contributed by atoms with E-state index in [9.17, 15) is 9.59 Å². The van der Waals surface area contributed by atoms with Gasteiger partial charge in [-0.2, -0.15) is 0 Å². The number of halogens is 1. The Morgan fingerprint density at radius 3 is 2.53 bits per heavy atom. The number of fused-ring (bicyclic) bond motifs is 3. The number of rotatable bonds is 6. The Labute approximate surface area is 206 Å². The van der Waals surface area contributed by atoms with Crippen LogP contribution in [0.25, 0.3) is 0 Å². The van der Waals surface area contributed by atoms with E-state index in [-0.39, 0.29) is 17.6 Å². The van der Waals surface area contributed by atoms with Crippen LogP contribution in [-0.2, 0) is 16.0 Å². The molecule has 0 unspecified atom stereocenters. The molecule has 0 radical (unpaired) electrons. The lowest BCUT2D eigenvalue weighted by Gasteiger charge is -2.25. The molecule has 0 aromatic heterocycles. The molecule has 5 rings (SSSR count). The Bertz CT molecular complexity index is 1290. The molecule has 8 heteroatoms. The Balaban J connectivity index is 1.28. The maximum absolute atomic E-state index is 13.4. The quantitative estimate of drug-likeness (QED) is 0.543. The van der Waals surface area contributed by atoms with Crippen molar-refractivity contribution in [3.05, 3.63) is 101 Å². The lowest BCUT2D eigenvalue weighted by Crippen LogP contribution is -2.40. The molecule has 1 N–H and O–H groups in total. The molecule has 6 nitrogen and oxygen atoms in total. The van der Waals surface area contributed by atoms with Crippen molar-refractivity contribution >= 4 is 51.9 Å². The van der Waals surface area contributed by atoms with Gasteiger partial charge in [-0.1, -0.05) is 78.0 Å². The molecule has 3 aromatic rings. The molecule has 2 aliphatic heterocycles. The first-order valence-corrected chi connectivity index (χ1v) is 12.3. The van der Waals surface area contributed by atoms with E-state index in [0.29, 0.717) is 29.0 Å². The van der Waals surface area contributed by atoms with E-state index >= 15 is 0 Å². The summed E-state index contributed by atoms with van der Waals surface area (Å²) in [5.41, 5.74) is 3.48. The van der Waals surface area contributed by atoms with E-state index < -0.39 is 6.04 Å². The summed E-state index contributed by atoms with van der Waals surface area (Å²) in [6.45, 7) is 0.516. The van der Waals surface area contributed by atoms with Crippen molar-refractivity contribution in [1.82, 2.24) is 10.2 Å². The molecule has 2 amide bonds. The summed E-state index contributed by atoms with van der Waals surface area (Å²) in [6, 6.07) is 24.0. The minimum Gasteiger partial charge on any atom is -0.355 e. The van der Waals surface area contributed by atoms with Gasteiger partial charge >= 0.3 is 0 Å². The van der Waals surface area contributed by atoms with E-state index in [0.717, 1.165) is 22.4 Å². The normalized spacial score (nSPS) is 16.4. The van der Waals surface area contributed by atoms with E-state index in [1.807, 2.05) is 78.9 Å². The van der Waals surface area contributed by atoms with Crippen LogP contribution in [0.15, 0.2) is 88.8 Å². The number of amides is 2. The van der Waals surface area contributed by atoms with Crippen LogP contribution in [0.5, 0.6) is 0 Å². The third-order valence-electron chi connectivity index (χ3n) is 5.57. The molecule has 0 bridgehead atoms. The number of aliphatic imine (C=N–C) groups is 2. The highest BCUT2D eigenvalue weighted by molar-refractivity contribution is 8.14. The second-order valence-electron chi connectivity index (χ2n) is 7.87. The molecule has 3 aromatic carbocycles. The lowest BCUT2D eigenvalue weighted by molar-refractivity contribution is -0.124. The summed E-state index contributed by atoms with van der Waals surface area (Å²) in [7, 11) is 0. The summed E-state index contributed by atoms with van der Waals surface area (Å²) in [4.78, 5) is 36.9. The zero-order chi connectivity index (χ0) is 23.5. The predicted octanol–water partition coefficient (Wildman–Crippen LogP) is 4.76. The van der Waals surface area contributed by atoms with Gasteiger partial charge < -0.3 is 5.32 Å². The van der Waals surface area contributed by atoms with Crippen LogP contribution in [0.2, 0.25) is 5.02 Å². The Hall–Kier alpha value is -3.42. The van der Waals surface area contributed by atoms with Gasteiger partial charge in [0.25, 0.3) is 5.91 Å². The van der Waals surface area contributed by atoms with Gasteiger partial charge in [0.15, 0.2) is 11.2 Å². The third-order valence-corrected chi connectivity index (χ3v) is 6.76. The molecule has 34 heavy (non-hydrogen) atoms. The summed E-state index contributed by atoms with van der Waals surface area (Å²) in [6.07, 6.45) is 0.710. The van der Waals surface area contributed by atoms with Crippen molar-refractivity contribution < 1.29 is 9.59 Å². The van der Waals surface area contributed by atoms with Gasteiger partial charge in [0.1, 0.15) is 5.84 Å². The molecular weight excluding hydrogens is 468 g/mol. The molecule has 170 valence electrons. The largest absolute Gasteiger partial charge is 0.355 e. The molecule has 0 saturated heterocycles. The third kappa shape index (κ3) is 4.62. The van der Waals surface area contributed by atoms with E-state index in [2.05, 4.69) is 10.3 Å².